The Morgan fingerprint density at radius 3 is 2.54 bits per heavy atom. The Balaban J connectivity index is 0.00000196. The van der Waals surface area contributed by atoms with E-state index >= 15 is 0 Å². The van der Waals surface area contributed by atoms with Gasteiger partial charge < -0.3 is 10.3 Å². The van der Waals surface area contributed by atoms with Crippen molar-refractivity contribution in [1.29, 1.82) is 0 Å². The maximum atomic E-state index is 12.9. The van der Waals surface area contributed by atoms with E-state index in [1.54, 1.807) is 11.6 Å². The zero-order valence-corrected chi connectivity index (χ0v) is 15.4. The molecule has 1 aromatic carbocycles. The van der Waals surface area contributed by atoms with Gasteiger partial charge in [0.2, 0.25) is 0 Å². The van der Waals surface area contributed by atoms with E-state index in [4.69, 9.17) is 10.3 Å². The third kappa shape index (κ3) is 2.83. The number of halogens is 1. The number of carbonyl (C=O) groups is 1. The number of ketones is 1. The molecule has 3 aromatic rings. The molecule has 2 N–H and O–H groups in total. The van der Waals surface area contributed by atoms with Crippen molar-refractivity contribution >= 4 is 18.2 Å². The number of aromatic nitrogens is 4. The Labute approximate surface area is 157 Å². The van der Waals surface area contributed by atoms with Gasteiger partial charge in [0, 0.05) is 0 Å². The molecule has 0 unspecified atom stereocenters. The molecule has 0 spiro atoms. The van der Waals surface area contributed by atoms with Crippen molar-refractivity contribution in [2.45, 2.75) is 38.6 Å². The van der Waals surface area contributed by atoms with Gasteiger partial charge in [0.05, 0.1) is 28.2 Å². The molecule has 0 saturated heterocycles. The molecule has 2 heterocycles. The number of carbonyl (C=O) groups excluding carboxylic acids is 1. The summed E-state index contributed by atoms with van der Waals surface area (Å²) in [5.74, 6) is 0.0530. The van der Waals surface area contributed by atoms with Crippen LogP contribution in [0.25, 0.3) is 5.69 Å². The second-order valence-electron chi connectivity index (χ2n) is 6.56. The molecule has 0 amide bonds. The minimum atomic E-state index is -0.555. The number of hydrogen-bond acceptors (Lipinski definition) is 6. The lowest BCUT2D eigenvalue weighted by Crippen LogP contribution is -2.44. The number of para-hydroxylation sites is 1. The summed E-state index contributed by atoms with van der Waals surface area (Å²) in [6.45, 7) is 3.65. The number of aryl methyl sites for hydroxylation is 1. The maximum Gasteiger partial charge on any atom is 0.299 e. The van der Waals surface area contributed by atoms with E-state index < -0.39 is 5.54 Å². The fourth-order valence-electron chi connectivity index (χ4n) is 3.20. The van der Waals surface area contributed by atoms with Crippen LogP contribution in [0.4, 0.5) is 0 Å². The molecule has 8 heteroatoms. The monoisotopic (exact) mass is 373 g/mol. The summed E-state index contributed by atoms with van der Waals surface area (Å²) in [7, 11) is 0. The third-order valence-electron chi connectivity index (χ3n) is 4.83. The smallest absolute Gasteiger partial charge is 0.299 e. The average Bonchev–Trinajstić information content (AvgIpc) is 3.18. The number of nitrogens with zero attached hydrogens (tertiary/aromatic N) is 4. The van der Waals surface area contributed by atoms with Gasteiger partial charge in [0.25, 0.3) is 11.7 Å². The largest absolute Gasteiger partial charge is 0.330 e. The lowest BCUT2D eigenvalue weighted by molar-refractivity contribution is 0.0992. The van der Waals surface area contributed by atoms with E-state index in [1.165, 1.54) is 0 Å². The summed E-state index contributed by atoms with van der Waals surface area (Å²) in [5.41, 5.74) is 8.38. The van der Waals surface area contributed by atoms with E-state index in [9.17, 15) is 4.79 Å². The Morgan fingerprint density at radius 2 is 1.92 bits per heavy atom. The minimum absolute atomic E-state index is 0. The van der Waals surface area contributed by atoms with E-state index in [0.717, 1.165) is 30.6 Å². The topological polar surface area (TPSA) is 99.8 Å². The Hall–Kier alpha value is -2.51. The SMILES string of the molecule is Cc1nn(-c2ccccc2)c(C)c1C(=O)c1nc(C2(N)CCC2)no1.Cl. The summed E-state index contributed by atoms with van der Waals surface area (Å²) in [5, 5.41) is 8.41. The molecule has 2 aromatic heterocycles. The van der Waals surface area contributed by atoms with Crippen LogP contribution in [-0.2, 0) is 5.54 Å². The highest BCUT2D eigenvalue weighted by molar-refractivity contribution is 6.07. The summed E-state index contributed by atoms with van der Waals surface area (Å²) in [6, 6.07) is 9.67. The van der Waals surface area contributed by atoms with Gasteiger partial charge in [0.1, 0.15) is 0 Å². The molecule has 0 atom stereocenters. The summed E-state index contributed by atoms with van der Waals surface area (Å²) < 4.78 is 6.95. The van der Waals surface area contributed by atoms with Crippen molar-refractivity contribution in [2.24, 2.45) is 5.73 Å². The van der Waals surface area contributed by atoms with Gasteiger partial charge in [-0.05, 0) is 45.2 Å². The van der Waals surface area contributed by atoms with E-state index in [0.29, 0.717) is 17.1 Å². The van der Waals surface area contributed by atoms with Crippen molar-refractivity contribution in [3.05, 3.63) is 59.0 Å². The predicted molar refractivity (Wildman–Crippen MR) is 97.7 cm³/mol. The molecule has 1 aliphatic rings. The van der Waals surface area contributed by atoms with Gasteiger partial charge in [-0.2, -0.15) is 10.1 Å². The van der Waals surface area contributed by atoms with Crippen molar-refractivity contribution in [1.82, 2.24) is 19.9 Å². The highest BCUT2D eigenvalue weighted by atomic mass is 35.5. The Kier molecular flexibility index (Phi) is 4.68. The van der Waals surface area contributed by atoms with Crippen LogP contribution in [0.5, 0.6) is 0 Å². The Morgan fingerprint density at radius 1 is 1.23 bits per heavy atom. The zero-order chi connectivity index (χ0) is 17.6. The van der Waals surface area contributed by atoms with E-state index in [2.05, 4.69) is 15.2 Å². The molecule has 26 heavy (non-hydrogen) atoms. The highest BCUT2D eigenvalue weighted by Gasteiger charge is 2.39. The molecule has 1 aliphatic carbocycles. The second kappa shape index (κ2) is 6.66. The standard InChI is InChI=1S/C18H19N5O2.ClH/c1-11-14(12(2)23(21-11)13-7-4-3-5-8-13)15(24)16-20-17(22-25-16)18(19)9-6-10-18;/h3-5,7-8H,6,9-10,19H2,1-2H3;1H. The number of hydrogen-bond donors (Lipinski definition) is 1. The van der Waals surface area contributed by atoms with Crippen LogP contribution in [0, 0.1) is 13.8 Å². The second-order valence-corrected chi connectivity index (χ2v) is 6.56. The number of rotatable bonds is 4. The van der Waals surface area contributed by atoms with Gasteiger partial charge in [-0.1, -0.05) is 23.4 Å². The molecular formula is C18H20ClN5O2. The quantitative estimate of drug-likeness (QED) is 0.706. The fraction of sp³-hybridized carbons (Fsp3) is 0.333. The van der Waals surface area contributed by atoms with Gasteiger partial charge >= 0.3 is 0 Å². The molecule has 7 nitrogen and oxygen atoms in total. The van der Waals surface area contributed by atoms with Crippen LogP contribution in [0.15, 0.2) is 34.9 Å². The molecular weight excluding hydrogens is 354 g/mol. The highest BCUT2D eigenvalue weighted by Crippen LogP contribution is 2.37. The lowest BCUT2D eigenvalue weighted by atomic mass is 9.77. The van der Waals surface area contributed by atoms with Crippen LogP contribution in [0.1, 0.15) is 52.7 Å². The first kappa shape index (κ1) is 18.3. The first-order chi connectivity index (χ1) is 12.0. The van der Waals surface area contributed by atoms with E-state index in [-0.39, 0.29) is 24.1 Å². The summed E-state index contributed by atoms with van der Waals surface area (Å²) in [4.78, 5) is 17.1. The number of benzene rings is 1. The van der Waals surface area contributed by atoms with Crippen LogP contribution >= 0.6 is 12.4 Å². The molecule has 4 rings (SSSR count). The summed E-state index contributed by atoms with van der Waals surface area (Å²) >= 11 is 0. The molecule has 0 radical (unpaired) electrons. The predicted octanol–water partition coefficient (Wildman–Crippen LogP) is 2.86. The van der Waals surface area contributed by atoms with Crippen molar-refractivity contribution in [2.75, 3.05) is 0 Å². The van der Waals surface area contributed by atoms with Crippen LogP contribution in [0.2, 0.25) is 0 Å². The minimum Gasteiger partial charge on any atom is -0.330 e. The van der Waals surface area contributed by atoms with Crippen molar-refractivity contribution < 1.29 is 9.32 Å². The third-order valence-corrected chi connectivity index (χ3v) is 4.83. The van der Waals surface area contributed by atoms with Gasteiger partial charge in [-0.3, -0.25) is 4.79 Å². The van der Waals surface area contributed by atoms with Gasteiger partial charge in [-0.25, -0.2) is 4.68 Å². The number of nitrogens with two attached hydrogens (primary N) is 1. The average molecular weight is 374 g/mol. The van der Waals surface area contributed by atoms with E-state index in [1.807, 2.05) is 37.3 Å². The van der Waals surface area contributed by atoms with Crippen molar-refractivity contribution in [3.63, 3.8) is 0 Å². The molecule has 0 bridgehead atoms. The molecule has 1 saturated carbocycles. The van der Waals surface area contributed by atoms with Gasteiger partial charge in [-0.15, -0.1) is 12.4 Å². The maximum absolute atomic E-state index is 12.9. The summed E-state index contributed by atoms with van der Waals surface area (Å²) in [6.07, 6.45) is 2.66. The Bertz CT molecular complexity index is 944. The molecule has 136 valence electrons. The van der Waals surface area contributed by atoms with Crippen molar-refractivity contribution in [3.8, 4) is 5.69 Å². The molecule has 0 aliphatic heterocycles. The first-order valence-corrected chi connectivity index (χ1v) is 8.29. The first-order valence-electron chi connectivity index (χ1n) is 8.29. The van der Waals surface area contributed by atoms with Crippen LogP contribution < -0.4 is 5.73 Å². The van der Waals surface area contributed by atoms with Crippen LogP contribution in [0.3, 0.4) is 0 Å². The lowest BCUT2D eigenvalue weighted by Gasteiger charge is -2.34. The van der Waals surface area contributed by atoms with Gasteiger partial charge in [0.15, 0.2) is 5.82 Å². The zero-order valence-electron chi connectivity index (χ0n) is 14.6. The fourth-order valence-corrected chi connectivity index (χ4v) is 3.20. The normalized spacial score (nSPS) is 15.2. The van der Waals surface area contributed by atoms with Crippen LogP contribution in [-0.4, -0.2) is 25.7 Å². The molecule has 1 fully saturated rings.